The highest BCUT2D eigenvalue weighted by molar-refractivity contribution is 5.37. The molecule has 0 fully saturated rings. The first-order chi connectivity index (χ1) is 6.65. The van der Waals surface area contributed by atoms with E-state index in [0.717, 1.165) is 19.3 Å². The molecule has 1 aromatic rings. The maximum Gasteiger partial charge on any atom is 0.0102 e. The third kappa shape index (κ3) is 2.64. The van der Waals surface area contributed by atoms with Gasteiger partial charge >= 0.3 is 0 Å². The molecule has 0 saturated carbocycles. The van der Waals surface area contributed by atoms with E-state index in [1.54, 1.807) is 0 Å². The summed E-state index contributed by atoms with van der Waals surface area (Å²) >= 11 is 0. The van der Waals surface area contributed by atoms with Gasteiger partial charge in [0.05, 0.1) is 0 Å². The van der Waals surface area contributed by atoms with Crippen molar-refractivity contribution in [2.75, 3.05) is 0 Å². The van der Waals surface area contributed by atoms with Crippen molar-refractivity contribution in [1.82, 2.24) is 0 Å². The second-order valence-corrected chi connectivity index (χ2v) is 3.90. The van der Waals surface area contributed by atoms with Gasteiger partial charge in [-0.05, 0) is 56.7 Å². The molecule has 0 aliphatic heterocycles. The molecule has 1 radical (unpaired) electrons. The molecule has 0 saturated heterocycles. The molecule has 0 aromatic heterocycles. The maximum atomic E-state index is 6.86. The second-order valence-electron chi connectivity index (χ2n) is 3.90. The molecule has 0 aliphatic carbocycles. The van der Waals surface area contributed by atoms with Crippen molar-refractivity contribution in [3.05, 3.63) is 40.8 Å². The quantitative estimate of drug-likeness (QED) is 0.499. The fourth-order valence-electron chi connectivity index (χ4n) is 1.75. The van der Waals surface area contributed by atoms with Crippen molar-refractivity contribution < 1.29 is 0 Å². The Bertz CT molecular complexity index is 353. The molecule has 0 heteroatoms. The van der Waals surface area contributed by atoms with E-state index in [4.69, 9.17) is 6.42 Å². The highest BCUT2D eigenvalue weighted by Gasteiger charge is 2.01. The lowest BCUT2D eigenvalue weighted by molar-refractivity contribution is 0.848. The van der Waals surface area contributed by atoms with Gasteiger partial charge in [0.15, 0.2) is 0 Å². The van der Waals surface area contributed by atoms with E-state index in [1.165, 1.54) is 22.3 Å². The van der Waals surface area contributed by atoms with Gasteiger partial charge in [0, 0.05) is 6.42 Å². The summed E-state index contributed by atoms with van der Waals surface area (Å²) in [7, 11) is 0. The summed E-state index contributed by atoms with van der Waals surface area (Å²) in [5.41, 5.74) is 5.54. The second kappa shape index (κ2) is 4.86. The highest BCUT2D eigenvalue weighted by Crippen LogP contribution is 2.17. The Hall–Kier alpha value is -1.22. The van der Waals surface area contributed by atoms with E-state index in [1.807, 2.05) is 0 Å². The number of aryl methyl sites for hydroxylation is 3. The molecular formula is C14H17. The molecule has 0 bridgehead atoms. The standard InChI is InChI=1S/C14H17/c1-5-6-7-8-14-10-11(2)9-12(3)13(14)4/h9-10H,6-8H2,2-4H3. The molecule has 1 rings (SSSR count). The third-order valence-electron chi connectivity index (χ3n) is 2.67. The van der Waals surface area contributed by atoms with E-state index in [0.29, 0.717) is 0 Å². The Labute approximate surface area is 87.4 Å². The normalized spacial score (nSPS) is 9.86. The topological polar surface area (TPSA) is 0 Å². The molecule has 0 atom stereocenters. The molecule has 0 N–H and O–H groups in total. The Balaban J connectivity index is 2.81. The van der Waals surface area contributed by atoms with Crippen LogP contribution >= 0.6 is 0 Å². The minimum Gasteiger partial charge on any atom is -0.0891 e. The molecular weight excluding hydrogens is 168 g/mol. The number of hydrogen-bond acceptors (Lipinski definition) is 0. The first-order valence-electron chi connectivity index (χ1n) is 5.11. The monoisotopic (exact) mass is 185 g/mol. The summed E-state index contributed by atoms with van der Waals surface area (Å²) in [5.74, 6) is 2.44. The molecule has 0 amide bonds. The van der Waals surface area contributed by atoms with Crippen LogP contribution in [0.25, 0.3) is 0 Å². The van der Waals surface area contributed by atoms with E-state index < -0.39 is 0 Å². The predicted molar refractivity (Wildman–Crippen MR) is 60.7 cm³/mol. The summed E-state index contributed by atoms with van der Waals surface area (Å²) in [5, 5.41) is 0. The smallest absolute Gasteiger partial charge is 0.0102 e. The van der Waals surface area contributed by atoms with Gasteiger partial charge in [-0.1, -0.05) is 23.6 Å². The maximum absolute atomic E-state index is 6.86. The van der Waals surface area contributed by atoms with Crippen LogP contribution in [0, 0.1) is 33.1 Å². The average molecular weight is 185 g/mol. The third-order valence-corrected chi connectivity index (χ3v) is 2.67. The first kappa shape index (κ1) is 10.9. The van der Waals surface area contributed by atoms with Crippen molar-refractivity contribution in [3.63, 3.8) is 0 Å². The van der Waals surface area contributed by atoms with Crippen molar-refractivity contribution in [2.45, 2.75) is 40.0 Å². The zero-order valence-corrected chi connectivity index (χ0v) is 9.28. The zero-order valence-electron chi connectivity index (χ0n) is 9.28. The van der Waals surface area contributed by atoms with Gasteiger partial charge in [-0.2, -0.15) is 0 Å². The van der Waals surface area contributed by atoms with Crippen LogP contribution in [0.15, 0.2) is 12.1 Å². The summed E-state index contributed by atoms with van der Waals surface area (Å²) in [6.45, 7) is 6.48. The van der Waals surface area contributed by atoms with Crippen molar-refractivity contribution in [3.8, 4) is 5.92 Å². The minimum atomic E-state index is 0.770. The predicted octanol–water partition coefficient (Wildman–Crippen LogP) is 3.52. The number of unbranched alkanes of at least 4 members (excludes halogenated alkanes) is 1. The average Bonchev–Trinajstić information content (AvgIpc) is 2.13. The van der Waals surface area contributed by atoms with Crippen LogP contribution in [-0.2, 0) is 6.42 Å². The van der Waals surface area contributed by atoms with Crippen LogP contribution < -0.4 is 0 Å². The molecule has 0 spiro atoms. The van der Waals surface area contributed by atoms with Crippen LogP contribution in [0.2, 0.25) is 0 Å². The Morgan fingerprint density at radius 3 is 2.57 bits per heavy atom. The number of rotatable bonds is 3. The van der Waals surface area contributed by atoms with Crippen LogP contribution in [0.1, 0.15) is 35.1 Å². The molecule has 0 heterocycles. The van der Waals surface area contributed by atoms with E-state index in [2.05, 4.69) is 38.8 Å². The molecule has 1 aromatic carbocycles. The molecule has 0 nitrogen and oxygen atoms in total. The number of hydrogen-bond donors (Lipinski definition) is 0. The number of benzene rings is 1. The fraction of sp³-hybridized carbons (Fsp3) is 0.429. The molecule has 0 aliphatic rings. The molecule has 0 unspecified atom stereocenters. The van der Waals surface area contributed by atoms with Crippen molar-refractivity contribution in [2.24, 2.45) is 0 Å². The van der Waals surface area contributed by atoms with Gasteiger partial charge in [-0.15, -0.1) is 0 Å². The summed E-state index contributed by atoms with van der Waals surface area (Å²) < 4.78 is 0. The minimum absolute atomic E-state index is 0.770. The van der Waals surface area contributed by atoms with Gasteiger partial charge in [0.1, 0.15) is 0 Å². The molecule has 73 valence electrons. The van der Waals surface area contributed by atoms with Gasteiger partial charge in [0.25, 0.3) is 0 Å². The fourth-order valence-corrected chi connectivity index (χ4v) is 1.75. The Morgan fingerprint density at radius 2 is 1.93 bits per heavy atom. The summed E-state index contributed by atoms with van der Waals surface area (Å²) in [6.07, 6.45) is 9.73. The lowest BCUT2D eigenvalue weighted by Crippen LogP contribution is -1.94. The molecule has 14 heavy (non-hydrogen) atoms. The van der Waals surface area contributed by atoms with Gasteiger partial charge < -0.3 is 0 Å². The van der Waals surface area contributed by atoms with E-state index in [9.17, 15) is 0 Å². The largest absolute Gasteiger partial charge is 0.0891 e. The van der Waals surface area contributed by atoms with Crippen LogP contribution in [0.4, 0.5) is 0 Å². The Morgan fingerprint density at radius 1 is 1.21 bits per heavy atom. The highest BCUT2D eigenvalue weighted by atomic mass is 14.1. The van der Waals surface area contributed by atoms with Gasteiger partial charge in [-0.3, -0.25) is 0 Å². The zero-order chi connectivity index (χ0) is 10.6. The van der Waals surface area contributed by atoms with Crippen LogP contribution in [-0.4, -0.2) is 0 Å². The lowest BCUT2D eigenvalue weighted by Gasteiger charge is -2.09. The Kier molecular flexibility index (Phi) is 3.77. The van der Waals surface area contributed by atoms with E-state index in [-0.39, 0.29) is 0 Å². The van der Waals surface area contributed by atoms with Crippen LogP contribution in [0.5, 0.6) is 0 Å². The van der Waals surface area contributed by atoms with Crippen molar-refractivity contribution >= 4 is 0 Å². The van der Waals surface area contributed by atoms with E-state index >= 15 is 0 Å². The van der Waals surface area contributed by atoms with Crippen molar-refractivity contribution in [1.29, 1.82) is 0 Å². The van der Waals surface area contributed by atoms with Gasteiger partial charge in [-0.25, -0.2) is 0 Å². The van der Waals surface area contributed by atoms with Gasteiger partial charge in [0.2, 0.25) is 0 Å². The first-order valence-corrected chi connectivity index (χ1v) is 5.11. The summed E-state index contributed by atoms with van der Waals surface area (Å²) in [4.78, 5) is 0. The summed E-state index contributed by atoms with van der Waals surface area (Å²) in [6, 6.07) is 4.48. The lowest BCUT2D eigenvalue weighted by atomic mass is 9.96. The van der Waals surface area contributed by atoms with Crippen LogP contribution in [0.3, 0.4) is 0 Å². The SMILES string of the molecule is [C]#CCCCc1cc(C)cc(C)c1C.